The first-order chi connectivity index (χ1) is 8.18. The second-order valence-corrected chi connectivity index (χ2v) is 4.40. The van der Waals surface area contributed by atoms with Gasteiger partial charge in [-0.2, -0.15) is 0 Å². The quantitative estimate of drug-likeness (QED) is 0.779. The molecular weight excluding hydrogens is 210 g/mol. The van der Waals surface area contributed by atoms with Crippen LogP contribution in [0, 0.1) is 6.92 Å². The lowest BCUT2D eigenvalue weighted by molar-refractivity contribution is 0.457. The standard InChI is InChI=1S/C15H17NO/c1-11(2)14-9-10-16-15(12(14)3)17-13-7-5-4-6-8-13/h4-11H,1-3H3. The lowest BCUT2D eigenvalue weighted by Gasteiger charge is -2.13. The molecule has 0 aliphatic carbocycles. The predicted molar refractivity (Wildman–Crippen MR) is 69.6 cm³/mol. The molecule has 17 heavy (non-hydrogen) atoms. The fourth-order valence-corrected chi connectivity index (χ4v) is 1.86. The highest BCUT2D eigenvalue weighted by molar-refractivity contribution is 5.37. The van der Waals surface area contributed by atoms with Crippen LogP contribution in [0.5, 0.6) is 11.6 Å². The Balaban J connectivity index is 2.31. The Morgan fingerprint density at radius 2 is 1.76 bits per heavy atom. The van der Waals surface area contributed by atoms with Crippen LogP contribution in [0.4, 0.5) is 0 Å². The van der Waals surface area contributed by atoms with Gasteiger partial charge < -0.3 is 4.74 Å². The monoisotopic (exact) mass is 227 g/mol. The maximum absolute atomic E-state index is 5.79. The third-order valence-electron chi connectivity index (χ3n) is 2.78. The maximum atomic E-state index is 5.79. The van der Waals surface area contributed by atoms with Crippen LogP contribution in [0.25, 0.3) is 0 Å². The van der Waals surface area contributed by atoms with E-state index in [1.807, 2.05) is 30.3 Å². The first kappa shape index (κ1) is 11.6. The zero-order valence-electron chi connectivity index (χ0n) is 10.5. The summed E-state index contributed by atoms with van der Waals surface area (Å²) in [5, 5.41) is 0. The largest absolute Gasteiger partial charge is 0.439 e. The van der Waals surface area contributed by atoms with Crippen LogP contribution in [0.1, 0.15) is 30.9 Å². The van der Waals surface area contributed by atoms with E-state index >= 15 is 0 Å². The van der Waals surface area contributed by atoms with Gasteiger partial charge in [0, 0.05) is 11.8 Å². The van der Waals surface area contributed by atoms with Crippen LogP contribution in [0.2, 0.25) is 0 Å². The van der Waals surface area contributed by atoms with Gasteiger partial charge in [0.25, 0.3) is 0 Å². The van der Waals surface area contributed by atoms with E-state index in [0.717, 1.165) is 11.3 Å². The number of hydrogen-bond acceptors (Lipinski definition) is 2. The van der Waals surface area contributed by atoms with Gasteiger partial charge in [0.05, 0.1) is 0 Å². The van der Waals surface area contributed by atoms with Gasteiger partial charge in [0.15, 0.2) is 0 Å². The molecule has 0 fully saturated rings. The van der Waals surface area contributed by atoms with Crippen molar-refractivity contribution in [2.75, 3.05) is 0 Å². The molecule has 1 aromatic heterocycles. The van der Waals surface area contributed by atoms with Crippen molar-refractivity contribution in [1.29, 1.82) is 0 Å². The lowest BCUT2D eigenvalue weighted by atomic mass is 10.00. The molecule has 0 amide bonds. The van der Waals surface area contributed by atoms with Crippen molar-refractivity contribution in [2.45, 2.75) is 26.7 Å². The van der Waals surface area contributed by atoms with E-state index in [2.05, 4.69) is 31.8 Å². The van der Waals surface area contributed by atoms with Crippen LogP contribution in [-0.2, 0) is 0 Å². The minimum absolute atomic E-state index is 0.483. The predicted octanol–water partition coefficient (Wildman–Crippen LogP) is 4.31. The molecule has 0 atom stereocenters. The number of pyridine rings is 1. The SMILES string of the molecule is Cc1c(C(C)C)ccnc1Oc1ccccc1. The first-order valence-corrected chi connectivity index (χ1v) is 5.87. The molecule has 2 heteroatoms. The van der Waals surface area contributed by atoms with E-state index in [1.54, 1.807) is 6.20 Å². The van der Waals surface area contributed by atoms with E-state index in [1.165, 1.54) is 5.56 Å². The molecule has 0 aliphatic heterocycles. The molecule has 0 aliphatic rings. The molecule has 88 valence electrons. The third kappa shape index (κ3) is 2.64. The molecular formula is C15H17NO. The zero-order chi connectivity index (χ0) is 12.3. The van der Waals surface area contributed by atoms with E-state index in [-0.39, 0.29) is 0 Å². The number of hydrogen-bond donors (Lipinski definition) is 0. The van der Waals surface area contributed by atoms with Crippen molar-refractivity contribution < 1.29 is 4.74 Å². The van der Waals surface area contributed by atoms with Gasteiger partial charge in [-0.1, -0.05) is 32.0 Å². The van der Waals surface area contributed by atoms with E-state index in [0.29, 0.717) is 11.8 Å². The molecule has 0 bridgehead atoms. The van der Waals surface area contributed by atoms with E-state index in [4.69, 9.17) is 4.74 Å². The lowest BCUT2D eigenvalue weighted by Crippen LogP contribution is -1.97. The van der Waals surface area contributed by atoms with Gasteiger partial charge in [0.2, 0.25) is 5.88 Å². The van der Waals surface area contributed by atoms with Gasteiger partial charge in [-0.05, 0) is 36.6 Å². The van der Waals surface area contributed by atoms with E-state index < -0.39 is 0 Å². The Bertz CT molecular complexity index is 492. The van der Waals surface area contributed by atoms with Crippen molar-refractivity contribution in [1.82, 2.24) is 4.98 Å². The van der Waals surface area contributed by atoms with Crippen LogP contribution in [-0.4, -0.2) is 4.98 Å². The molecule has 0 N–H and O–H groups in total. The molecule has 1 heterocycles. The Hall–Kier alpha value is -1.83. The second kappa shape index (κ2) is 5.00. The summed E-state index contributed by atoms with van der Waals surface area (Å²) in [4.78, 5) is 4.29. The van der Waals surface area contributed by atoms with Crippen molar-refractivity contribution in [3.8, 4) is 11.6 Å². The van der Waals surface area contributed by atoms with Gasteiger partial charge in [-0.25, -0.2) is 4.98 Å². The smallest absolute Gasteiger partial charge is 0.222 e. The fourth-order valence-electron chi connectivity index (χ4n) is 1.86. The molecule has 2 rings (SSSR count). The normalized spacial score (nSPS) is 10.6. The van der Waals surface area contributed by atoms with Crippen molar-refractivity contribution in [2.24, 2.45) is 0 Å². The van der Waals surface area contributed by atoms with Crippen LogP contribution in [0.3, 0.4) is 0 Å². The molecule has 2 aromatic rings. The fraction of sp³-hybridized carbons (Fsp3) is 0.267. The van der Waals surface area contributed by atoms with Crippen molar-refractivity contribution >= 4 is 0 Å². The zero-order valence-corrected chi connectivity index (χ0v) is 10.5. The molecule has 0 saturated heterocycles. The summed E-state index contributed by atoms with van der Waals surface area (Å²) in [6, 6.07) is 11.8. The minimum Gasteiger partial charge on any atom is -0.439 e. The van der Waals surface area contributed by atoms with Crippen molar-refractivity contribution in [3.63, 3.8) is 0 Å². The number of para-hydroxylation sites is 1. The molecule has 0 spiro atoms. The highest BCUT2D eigenvalue weighted by atomic mass is 16.5. The van der Waals surface area contributed by atoms with Crippen molar-refractivity contribution in [3.05, 3.63) is 53.7 Å². The summed E-state index contributed by atoms with van der Waals surface area (Å²) in [7, 11) is 0. The Kier molecular flexibility index (Phi) is 3.43. The number of benzene rings is 1. The second-order valence-electron chi connectivity index (χ2n) is 4.40. The summed E-state index contributed by atoms with van der Waals surface area (Å²) in [6.45, 7) is 6.41. The highest BCUT2D eigenvalue weighted by Gasteiger charge is 2.09. The van der Waals surface area contributed by atoms with Crippen LogP contribution < -0.4 is 4.74 Å². The number of aromatic nitrogens is 1. The highest BCUT2D eigenvalue weighted by Crippen LogP contribution is 2.28. The Morgan fingerprint density at radius 3 is 2.41 bits per heavy atom. The van der Waals surface area contributed by atoms with Gasteiger partial charge in [-0.15, -0.1) is 0 Å². The topological polar surface area (TPSA) is 22.1 Å². The van der Waals surface area contributed by atoms with Crippen LogP contribution in [0.15, 0.2) is 42.6 Å². The summed E-state index contributed by atoms with van der Waals surface area (Å²) in [6.07, 6.45) is 1.81. The molecule has 0 saturated carbocycles. The summed E-state index contributed by atoms with van der Waals surface area (Å²) < 4.78 is 5.79. The van der Waals surface area contributed by atoms with Gasteiger partial charge >= 0.3 is 0 Å². The maximum Gasteiger partial charge on any atom is 0.222 e. The van der Waals surface area contributed by atoms with E-state index in [9.17, 15) is 0 Å². The number of nitrogens with zero attached hydrogens (tertiary/aromatic N) is 1. The Labute approximate surface area is 102 Å². The van der Waals surface area contributed by atoms with Gasteiger partial charge in [-0.3, -0.25) is 0 Å². The summed E-state index contributed by atoms with van der Waals surface area (Å²) in [5.41, 5.74) is 2.40. The summed E-state index contributed by atoms with van der Waals surface area (Å²) >= 11 is 0. The van der Waals surface area contributed by atoms with Crippen LogP contribution >= 0.6 is 0 Å². The number of rotatable bonds is 3. The molecule has 0 unspecified atom stereocenters. The number of ether oxygens (including phenoxy) is 1. The molecule has 2 nitrogen and oxygen atoms in total. The molecule has 0 radical (unpaired) electrons. The Morgan fingerprint density at radius 1 is 1.06 bits per heavy atom. The summed E-state index contributed by atoms with van der Waals surface area (Å²) in [5.74, 6) is 2.00. The van der Waals surface area contributed by atoms with Gasteiger partial charge in [0.1, 0.15) is 5.75 Å². The minimum atomic E-state index is 0.483. The average Bonchev–Trinajstić information content (AvgIpc) is 2.33. The first-order valence-electron chi connectivity index (χ1n) is 5.87. The average molecular weight is 227 g/mol. The molecule has 1 aromatic carbocycles. The third-order valence-corrected chi connectivity index (χ3v) is 2.78.